The number of nitrogens with zero attached hydrogens (tertiary/aromatic N) is 2. The van der Waals surface area contributed by atoms with Gasteiger partial charge in [-0.1, -0.05) is 0 Å². The first-order valence-corrected chi connectivity index (χ1v) is 6.38. The predicted octanol–water partition coefficient (Wildman–Crippen LogP) is 2.87. The number of carboxylic acid groups (broad SMARTS) is 1. The first-order valence-electron chi connectivity index (χ1n) is 5.59. The number of aromatic nitrogens is 2. The van der Waals surface area contributed by atoms with Crippen LogP contribution in [-0.4, -0.2) is 26.0 Å². The van der Waals surface area contributed by atoms with Gasteiger partial charge in [-0.2, -0.15) is 5.10 Å². The summed E-state index contributed by atoms with van der Waals surface area (Å²) in [7, 11) is 1.65. The lowest BCUT2D eigenvalue weighted by Gasteiger charge is -2.13. The Labute approximate surface area is 118 Å². The molecule has 2 rings (SSSR count). The zero-order chi connectivity index (χ0) is 14.3. The summed E-state index contributed by atoms with van der Waals surface area (Å²) in [5.41, 5.74) is 3.00. The van der Waals surface area contributed by atoms with Crippen LogP contribution in [0.2, 0.25) is 0 Å². The molecule has 1 aromatic carbocycles. The summed E-state index contributed by atoms with van der Waals surface area (Å²) in [6.07, 6.45) is 0. The summed E-state index contributed by atoms with van der Waals surface area (Å²) >= 11 is 3.29. The quantitative estimate of drug-likeness (QED) is 0.890. The molecule has 1 aromatic heterocycles. The van der Waals surface area contributed by atoms with Gasteiger partial charge < -0.3 is 10.2 Å². The molecule has 0 atom stereocenters. The second-order valence-electron chi connectivity index (χ2n) is 4.37. The molecule has 19 heavy (non-hydrogen) atoms. The highest BCUT2D eigenvalue weighted by Gasteiger charge is 2.19. The van der Waals surface area contributed by atoms with Crippen LogP contribution in [0.3, 0.4) is 0 Å². The topological polar surface area (TPSA) is 75.3 Å². The van der Waals surface area contributed by atoms with Gasteiger partial charge in [0.2, 0.25) is 0 Å². The Morgan fingerprint density at radius 2 is 2.00 bits per heavy atom. The number of phenolic OH excluding ortho intramolecular Hbond substituents is 1. The molecule has 0 radical (unpaired) electrons. The Hall–Kier alpha value is -1.82. The summed E-state index contributed by atoms with van der Waals surface area (Å²) < 4.78 is 2.03. The van der Waals surface area contributed by atoms with Gasteiger partial charge in [0.25, 0.3) is 0 Å². The highest BCUT2D eigenvalue weighted by molar-refractivity contribution is 9.10. The van der Waals surface area contributed by atoms with Gasteiger partial charge >= 0.3 is 5.97 Å². The third-order valence-corrected chi connectivity index (χ3v) is 3.73. The molecule has 2 N–H and O–H groups in total. The molecule has 0 aliphatic carbocycles. The maximum atomic E-state index is 11.0. The molecule has 100 valence electrons. The number of carbonyl (C=O) groups is 1. The second kappa shape index (κ2) is 4.70. The Morgan fingerprint density at radius 1 is 1.37 bits per heavy atom. The first kappa shape index (κ1) is 13.6. The van der Waals surface area contributed by atoms with Crippen LogP contribution >= 0.6 is 15.9 Å². The molecule has 0 amide bonds. The monoisotopic (exact) mass is 324 g/mol. The van der Waals surface area contributed by atoms with E-state index in [0.717, 1.165) is 11.1 Å². The van der Waals surface area contributed by atoms with Crippen molar-refractivity contribution >= 4 is 21.9 Å². The third-order valence-electron chi connectivity index (χ3n) is 3.13. The lowest BCUT2D eigenvalue weighted by molar-refractivity contribution is 0.0689. The van der Waals surface area contributed by atoms with E-state index in [-0.39, 0.29) is 11.4 Å². The smallest absolute Gasteiger partial charge is 0.356 e. The van der Waals surface area contributed by atoms with Gasteiger partial charge in [0.1, 0.15) is 5.75 Å². The van der Waals surface area contributed by atoms with Crippen molar-refractivity contribution in [1.82, 2.24) is 9.78 Å². The van der Waals surface area contributed by atoms with Crippen LogP contribution in [-0.2, 0) is 7.05 Å². The molecule has 0 saturated heterocycles. The lowest BCUT2D eigenvalue weighted by Crippen LogP contribution is -2.00. The highest BCUT2D eigenvalue weighted by Crippen LogP contribution is 2.39. The number of benzene rings is 1. The van der Waals surface area contributed by atoms with Crippen LogP contribution < -0.4 is 0 Å². The van der Waals surface area contributed by atoms with E-state index >= 15 is 0 Å². The number of aromatic hydroxyl groups is 1. The van der Waals surface area contributed by atoms with Gasteiger partial charge in [0.15, 0.2) is 5.69 Å². The number of aromatic carboxylic acids is 1. The molecular weight excluding hydrogens is 312 g/mol. The number of hydrogen-bond acceptors (Lipinski definition) is 3. The Kier molecular flexibility index (Phi) is 3.36. The van der Waals surface area contributed by atoms with Crippen molar-refractivity contribution in [2.24, 2.45) is 7.05 Å². The van der Waals surface area contributed by atoms with Crippen LogP contribution in [0.25, 0.3) is 11.3 Å². The van der Waals surface area contributed by atoms with E-state index in [4.69, 9.17) is 5.11 Å². The Balaban J connectivity index is 2.75. The molecule has 0 bridgehead atoms. The number of halogens is 1. The van der Waals surface area contributed by atoms with Crippen LogP contribution in [0.5, 0.6) is 5.75 Å². The molecule has 0 aliphatic heterocycles. The van der Waals surface area contributed by atoms with E-state index in [0.29, 0.717) is 15.7 Å². The van der Waals surface area contributed by atoms with E-state index < -0.39 is 5.97 Å². The van der Waals surface area contributed by atoms with Gasteiger partial charge in [-0.05, 0) is 53.0 Å². The fourth-order valence-corrected chi connectivity index (χ4v) is 2.52. The molecule has 5 nitrogen and oxygen atoms in total. The zero-order valence-electron chi connectivity index (χ0n) is 10.7. The molecular formula is C13H13BrN2O3. The largest absolute Gasteiger partial charge is 0.506 e. The molecule has 1 heterocycles. The van der Waals surface area contributed by atoms with Crippen molar-refractivity contribution in [3.8, 4) is 17.0 Å². The van der Waals surface area contributed by atoms with Crippen LogP contribution in [0, 0.1) is 13.8 Å². The minimum absolute atomic E-state index is 0.0473. The number of phenols is 1. The van der Waals surface area contributed by atoms with Crippen LogP contribution in [0.15, 0.2) is 16.6 Å². The van der Waals surface area contributed by atoms with Gasteiger partial charge in [-0.3, -0.25) is 4.68 Å². The van der Waals surface area contributed by atoms with Crippen molar-refractivity contribution < 1.29 is 15.0 Å². The van der Waals surface area contributed by atoms with E-state index in [1.54, 1.807) is 7.05 Å². The average molecular weight is 325 g/mol. The highest BCUT2D eigenvalue weighted by atomic mass is 79.9. The molecule has 0 aliphatic rings. The van der Waals surface area contributed by atoms with E-state index in [1.807, 2.05) is 19.9 Å². The van der Waals surface area contributed by atoms with E-state index in [9.17, 15) is 9.90 Å². The number of hydrogen-bond donors (Lipinski definition) is 2. The molecule has 0 fully saturated rings. The summed E-state index contributed by atoms with van der Waals surface area (Å²) in [4.78, 5) is 11.0. The molecule has 0 unspecified atom stereocenters. The van der Waals surface area contributed by atoms with E-state index in [1.165, 1.54) is 10.7 Å². The fourth-order valence-electron chi connectivity index (χ4n) is 1.98. The Morgan fingerprint density at radius 3 is 2.53 bits per heavy atom. The predicted molar refractivity (Wildman–Crippen MR) is 74.4 cm³/mol. The van der Waals surface area contributed by atoms with Gasteiger partial charge in [-0.15, -0.1) is 0 Å². The summed E-state index contributed by atoms with van der Waals surface area (Å²) in [6.45, 7) is 3.81. The van der Waals surface area contributed by atoms with Crippen molar-refractivity contribution in [2.45, 2.75) is 13.8 Å². The molecule has 6 heteroatoms. The van der Waals surface area contributed by atoms with Crippen LogP contribution in [0.4, 0.5) is 0 Å². The number of carboxylic acids is 1. The van der Waals surface area contributed by atoms with E-state index in [2.05, 4.69) is 21.0 Å². The van der Waals surface area contributed by atoms with Crippen molar-refractivity contribution in [2.75, 3.05) is 0 Å². The second-order valence-corrected chi connectivity index (χ2v) is 5.22. The molecule has 0 saturated carbocycles. The first-order chi connectivity index (χ1) is 8.82. The number of rotatable bonds is 2. The van der Waals surface area contributed by atoms with Gasteiger partial charge in [0, 0.05) is 12.6 Å². The third kappa shape index (κ3) is 2.23. The molecule has 0 spiro atoms. The average Bonchev–Trinajstić information content (AvgIpc) is 2.70. The van der Waals surface area contributed by atoms with Gasteiger partial charge in [0.05, 0.1) is 10.2 Å². The fraction of sp³-hybridized carbons (Fsp3) is 0.231. The molecule has 2 aromatic rings. The van der Waals surface area contributed by atoms with Crippen molar-refractivity contribution in [3.05, 3.63) is 33.4 Å². The Bertz CT molecular complexity index is 651. The maximum Gasteiger partial charge on any atom is 0.356 e. The van der Waals surface area contributed by atoms with Gasteiger partial charge in [-0.25, -0.2) is 4.79 Å². The SMILES string of the molecule is Cc1cc(Br)c(O)c(-c2cc(C(=O)O)nn2C)c1C. The minimum Gasteiger partial charge on any atom is -0.506 e. The summed E-state index contributed by atoms with van der Waals surface area (Å²) in [5, 5.41) is 23.1. The standard InChI is InChI=1S/C13H13BrN2O3/c1-6-4-8(14)12(17)11(7(6)2)10-5-9(13(18)19)15-16(10)3/h4-5,17H,1-3H3,(H,18,19). The minimum atomic E-state index is -1.09. The lowest BCUT2D eigenvalue weighted by atomic mass is 9.99. The number of aryl methyl sites for hydroxylation is 2. The zero-order valence-corrected chi connectivity index (χ0v) is 12.3. The van der Waals surface area contributed by atoms with Crippen molar-refractivity contribution in [3.63, 3.8) is 0 Å². The normalized spacial score (nSPS) is 10.7. The van der Waals surface area contributed by atoms with Crippen LogP contribution in [0.1, 0.15) is 21.6 Å². The summed E-state index contributed by atoms with van der Waals surface area (Å²) in [6, 6.07) is 3.28. The maximum absolute atomic E-state index is 11.0. The van der Waals surface area contributed by atoms with Crippen molar-refractivity contribution in [1.29, 1.82) is 0 Å². The summed E-state index contributed by atoms with van der Waals surface area (Å²) in [5.74, 6) is -1.01.